The molecule has 3 aromatic carbocycles. The fraction of sp³-hybridized carbons (Fsp3) is 0.192. The summed E-state index contributed by atoms with van der Waals surface area (Å²) < 4.78 is 27.3. The van der Waals surface area contributed by atoms with Crippen LogP contribution in [0.15, 0.2) is 102 Å². The van der Waals surface area contributed by atoms with Crippen LogP contribution < -0.4 is 10.0 Å². The summed E-state index contributed by atoms with van der Waals surface area (Å²) in [4.78, 5) is 12.7. The maximum absolute atomic E-state index is 12.7. The van der Waals surface area contributed by atoms with Crippen LogP contribution in [0.25, 0.3) is 0 Å². The second kappa shape index (κ2) is 9.83. The maximum atomic E-state index is 12.7. The van der Waals surface area contributed by atoms with E-state index >= 15 is 0 Å². The summed E-state index contributed by atoms with van der Waals surface area (Å²) in [5.74, 6) is 0. The number of carbonyl (C=O) groups is 1. The lowest BCUT2D eigenvalue weighted by Crippen LogP contribution is -2.47. The molecule has 0 aliphatic rings. The van der Waals surface area contributed by atoms with Crippen molar-refractivity contribution in [2.75, 3.05) is 6.54 Å². The highest BCUT2D eigenvalue weighted by atomic mass is 32.2. The molecule has 0 fully saturated rings. The van der Waals surface area contributed by atoms with E-state index in [9.17, 15) is 13.2 Å². The largest absolute Gasteiger partial charge is 0.336 e. The maximum Gasteiger partial charge on any atom is 0.328 e. The second-order valence-corrected chi connectivity index (χ2v) is 9.73. The van der Waals surface area contributed by atoms with E-state index in [4.69, 9.17) is 0 Å². The Balaban J connectivity index is 1.89. The molecule has 3 rings (SSSR count). The average Bonchev–Trinajstić information content (AvgIpc) is 2.77. The molecule has 0 aromatic heterocycles. The number of rotatable bonds is 8. The lowest BCUT2D eigenvalue weighted by molar-refractivity contribution is 0.243. The molecule has 2 amide bonds. The number of hydrogen-bond acceptors (Lipinski definition) is 3. The molecule has 0 aliphatic carbocycles. The topological polar surface area (TPSA) is 75.3 Å². The number of urea groups is 1. The molecule has 166 valence electrons. The number of allylic oxidation sites excluding steroid dienone is 1. The van der Waals surface area contributed by atoms with Gasteiger partial charge in [0.25, 0.3) is 10.0 Å². The molecular formula is C26H28N2O3S. The van der Waals surface area contributed by atoms with Gasteiger partial charge in [-0.05, 0) is 43.5 Å². The van der Waals surface area contributed by atoms with Crippen molar-refractivity contribution in [2.24, 2.45) is 0 Å². The quantitative estimate of drug-likeness (QED) is 0.480. The molecule has 3 aromatic rings. The summed E-state index contributed by atoms with van der Waals surface area (Å²) in [7, 11) is -3.98. The van der Waals surface area contributed by atoms with Crippen LogP contribution in [0, 0.1) is 6.92 Å². The van der Waals surface area contributed by atoms with Crippen LogP contribution >= 0.6 is 0 Å². The molecule has 32 heavy (non-hydrogen) atoms. The molecule has 0 radical (unpaired) electrons. The van der Waals surface area contributed by atoms with E-state index in [0.29, 0.717) is 6.42 Å². The molecular weight excluding hydrogens is 420 g/mol. The predicted octanol–water partition coefficient (Wildman–Crippen LogP) is 4.94. The Labute approximate surface area is 190 Å². The van der Waals surface area contributed by atoms with Crippen molar-refractivity contribution >= 4 is 16.1 Å². The third-order valence-electron chi connectivity index (χ3n) is 5.37. The standard InChI is InChI=1S/C26H28N2O3S/c1-20(2)18-26(22-10-6-4-7-11-22,23-12-8-5-9-13-23)19-27-25(29)28-32(30,31)24-16-14-21(3)15-17-24/h4-17H,1,18-19H2,2-3H3,(H2,27,28,29). The minimum Gasteiger partial charge on any atom is -0.336 e. The Bertz CT molecular complexity index is 1130. The van der Waals surface area contributed by atoms with Crippen LogP contribution in [-0.2, 0) is 15.4 Å². The van der Waals surface area contributed by atoms with Gasteiger partial charge in [0.1, 0.15) is 0 Å². The fourth-order valence-electron chi connectivity index (χ4n) is 3.83. The average molecular weight is 449 g/mol. The first-order chi connectivity index (χ1) is 15.2. The van der Waals surface area contributed by atoms with Crippen molar-refractivity contribution in [1.29, 1.82) is 0 Å². The van der Waals surface area contributed by atoms with E-state index < -0.39 is 21.5 Å². The van der Waals surface area contributed by atoms with Crippen LogP contribution in [0.3, 0.4) is 0 Å². The van der Waals surface area contributed by atoms with Gasteiger partial charge in [0.2, 0.25) is 0 Å². The zero-order chi connectivity index (χ0) is 23.2. The van der Waals surface area contributed by atoms with Gasteiger partial charge < -0.3 is 5.32 Å². The number of amides is 2. The summed E-state index contributed by atoms with van der Waals surface area (Å²) in [6, 6.07) is 25.3. The van der Waals surface area contributed by atoms with Crippen molar-refractivity contribution < 1.29 is 13.2 Å². The minimum atomic E-state index is -3.98. The first-order valence-corrected chi connectivity index (χ1v) is 11.8. The van der Waals surface area contributed by atoms with E-state index in [2.05, 4.69) is 16.6 Å². The van der Waals surface area contributed by atoms with Crippen molar-refractivity contribution in [3.05, 3.63) is 114 Å². The number of sulfonamides is 1. The summed E-state index contributed by atoms with van der Waals surface area (Å²) >= 11 is 0. The smallest absolute Gasteiger partial charge is 0.328 e. The first kappa shape index (κ1) is 23.3. The van der Waals surface area contributed by atoms with Gasteiger partial charge in [0, 0.05) is 12.0 Å². The number of nitrogens with one attached hydrogen (secondary N) is 2. The third kappa shape index (κ3) is 5.45. The van der Waals surface area contributed by atoms with Crippen molar-refractivity contribution in [3.63, 3.8) is 0 Å². The highest BCUT2D eigenvalue weighted by molar-refractivity contribution is 7.90. The van der Waals surface area contributed by atoms with Gasteiger partial charge in [0.15, 0.2) is 0 Å². The van der Waals surface area contributed by atoms with Crippen LogP contribution in [-0.4, -0.2) is 21.0 Å². The van der Waals surface area contributed by atoms with Crippen molar-refractivity contribution in [3.8, 4) is 0 Å². The summed E-state index contributed by atoms with van der Waals surface area (Å²) in [5.41, 5.74) is 3.31. The molecule has 0 spiro atoms. The highest BCUT2D eigenvalue weighted by Crippen LogP contribution is 2.37. The van der Waals surface area contributed by atoms with Gasteiger partial charge in [-0.25, -0.2) is 17.9 Å². The monoisotopic (exact) mass is 448 g/mol. The van der Waals surface area contributed by atoms with Gasteiger partial charge in [-0.2, -0.15) is 0 Å². The van der Waals surface area contributed by atoms with Gasteiger partial charge in [0.05, 0.1) is 4.90 Å². The Morgan fingerprint density at radius 2 is 1.38 bits per heavy atom. The number of hydrogen-bond donors (Lipinski definition) is 2. The molecule has 0 saturated heterocycles. The van der Waals surface area contributed by atoms with Crippen LogP contribution in [0.2, 0.25) is 0 Å². The molecule has 5 nitrogen and oxygen atoms in total. The van der Waals surface area contributed by atoms with E-state index in [0.717, 1.165) is 22.3 Å². The molecule has 0 aliphatic heterocycles. The van der Waals surface area contributed by atoms with E-state index in [-0.39, 0.29) is 11.4 Å². The predicted molar refractivity (Wildman–Crippen MR) is 128 cm³/mol. The summed E-state index contributed by atoms with van der Waals surface area (Å²) in [6.07, 6.45) is 0.589. The molecule has 6 heteroatoms. The summed E-state index contributed by atoms with van der Waals surface area (Å²) in [5, 5.41) is 2.79. The number of carbonyl (C=O) groups excluding carboxylic acids is 1. The Hall–Kier alpha value is -3.38. The summed E-state index contributed by atoms with van der Waals surface area (Å²) in [6.45, 7) is 8.11. The minimum absolute atomic E-state index is 0.0394. The molecule has 0 saturated carbocycles. The zero-order valence-corrected chi connectivity index (χ0v) is 19.2. The molecule has 0 bridgehead atoms. The highest BCUT2D eigenvalue weighted by Gasteiger charge is 2.35. The molecule has 0 atom stereocenters. The number of benzene rings is 3. The number of aryl methyl sites for hydroxylation is 1. The SMILES string of the molecule is C=C(C)CC(CNC(=O)NS(=O)(=O)c1ccc(C)cc1)(c1ccccc1)c1ccccc1. The molecule has 0 heterocycles. The van der Waals surface area contributed by atoms with Crippen LogP contribution in [0.4, 0.5) is 4.79 Å². The Morgan fingerprint density at radius 1 is 0.875 bits per heavy atom. The fourth-order valence-corrected chi connectivity index (χ4v) is 4.76. The van der Waals surface area contributed by atoms with E-state index in [1.54, 1.807) is 12.1 Å². The van der Waals surface area contributed by atoms with Crippen molar-refractivity contribution in [2.45, 2.75) is 30.6 Å². The Kier molecular flexibility index (Phi) is 7.15. The van der Waals surface area contributed by atoms with Crippen LogP contribution in [0.5, 0.6) is 0 Å². The lowest BCUT2D eigenvalue weighted by atomic mass is 9.70. The van der Waals surface area contributed by atoms with Gasteiger partial charge in [-0.3, -0.25) is 0 Å². The van der Waals surface area contributed by atoms with Gasteiger partial charge >= 0.3 is 6.03 Å². The Morgan fingerprint density at radius 3 is 1.84 bits per heavy atom. The third-order valence-corrected chi connectivity index (χ3v) is 6.71. The van der Waals surface area contributed by atoms with E-state index in [1.807, 2.05) is 74.5 Å². The molecule has 0 unspecified atom stereocenters. The zero-order valence-electron chi connectivity index (χ0n) is 18.3. The normalized spacial score (nSPS) is 11.6. The molecule has 2 N–H and O–H groups in total. The van der Waals surface area contributed by atoms with Gasteiger partial charge in [-0.1, -0.05) is 83.9 Å². The first-order valence-electron chi connectivity index (χ1n) is 10.4. The van der Waals surface area contributed by atoms with Gasteiger partial charge in [-0.15, -0.1) is 6.58 Å². The van der Waals surface area contributed by atoms with Crippen LogP contribution in [0.1, 0.15) is 30.0 Å². The second-order valence-electron chi connectivity index (χ2n) is 8.05. The van der Waals surface area contributed by atoms with Crippen molar-refractivity contribution in [1.82, 2.24) is 10.0 Å². The van der Waals surface area contributed by atoms with E-state index in [1.165, 1.54) is 12.1 Å². The lowest BCUT2D eigenvalue weighted by Gasteiger charge is -2.36.